The van der Waals surface area contributed by atoms with E-state index in [-0.39, 0.29) is 5.41 Å². The van der Waals surface area contributed by atoms with Crippen LogP contribution in [0.1, 0.15) is 22.3 Å². The van der Waals surface area contributed by atoms with Crippen molar-refractivity contribution in [1.29, 1.82) is 0 Å². The fourth-order valence-corrected chi connectivity index (χ4v) is 12.0. The zero-order valence-electron chi connectivity index (χ0n) is 40.1. The molecule has 4 heteroatoms. The molecule has 13 aromatic rings. The molecule has 74 heavy (non-hydrogen) atoms. The van der Waals surface area contributed by atoms with Gasteiger partial charge >= 0.3 is 0 Å². The first-order chi connectivity index (χ1) is 36.7. The van der Waals surface area contributed by atoms with E-state index in [0.717, 1.165) is 72.0 Å². The van der Waals surface area contributed by atoms with Crippen molar-refractivity contribution in [2.45, 2.75) is 5.41 Å². The lowest BCUT2D eigenvalue weighted by Gasteiger charge is -2.30. The summed E-state index contributed by atoms with van der Waals surface area (Å²) in [4.78, 5) is 15.8. The maximum Gasteiger partial charge on any atom is 0.164 e. The molecule has 0 amide bonds. The Morgan fingerprint density at radius 3 is 1.22 bits per heavy atom. The Labute approximate surface area is 428 Å². The first kappa shape index (κ1) is 42.0. The number of nitrogens with zero attached hydrogens (tertiary/aromatic N) is 3. The quantitative estimate of drug-likeness (QED) is 0.160. The summed E-state index contributed by atoms with van der Waals surface area (Å²) in [5.41, 5.74) is 23.6. The van der Waals surface area contributed by atoms with Crippen LogP contribution in [0.2, 0.25) is 0 Å². The fourth-order valence-electron chi connectivity index (χ4n) is 12.0. The summed E-state index contributed by atoms with van der Waals surface area (Å²) in [5, 5.41) is 1.96. The summed E-state index contributed by atoms with van der Waals surface area (Å²) in [6.45, 7) is 0. The molecule has 2 aromatic heterocycles. The van der Waals surface area contributed by atoms with E-state index in [4.69, 9.17) is 19.4 Å². The zero-order valence-corrected chi connectivity index (χ0v) is 40.1. The maximum atomic E-state index is 6.61. The third-order valence-corrected chi connectivity index (χ3v) is 15.4. The van der Waals surface area contributed by atoms with Gasteiger partial charge in [-0.05, 0) is 125 Å². The second-order valence-corrected chi connectivity index (χ2v) is 19.4. The summed E-state index contributed by atoms with van der Waals surface area (Å²) in [7, 11) is 0. The molecule has 11 aromatic carbocycles. The Hall–Kier alpha value is -9.77. The molecule has 0 radical (unpaired) electrons. The second-order valence-electron chi connectivity index (χ2n) is 19.4. The number of fused-ring (bicyclic) bond motifs is 13. The minimum absolute atomic E-state index is 0.353. The molecule has 0 unspecified atom stereocenters. The molecule has 2 aliphatic carbocycles. The summed E-state index contributed by atoms with van der Waals surface area (Å²) in [5.74, 6) is 1.77. The van der Waals surface area contributed by atoms with Crippen LogP contribution in [0, 0.1) is 0 Å². The number of benzene rings is 11. The molecule has 15 rings (SSSR count). The highest BCUT2D eigenvalue weighted by Gasteiger charge is 2.51. The van der Waals surface area contributed by atoms with Gasteiger partial charge in [-0.25, -0.2) is 15.0 Å². The molecule has 0 N–H and O–H groups in total. The van der Waals surface area contributed by atoms with Gasteiger partial charge < -0.3 is 4.42 Å². The SMILES string of the molecule is c1ccc(-c2cccc(-c3nc(-c4cccc(-c5ccccc5)c4)nc(-c4cccc5oc6ccc(-c7ccc(-c8ccc9c(c8)-c8ccccc8C98c9ccccc9-c9ccccc98)cc7)cc6c45)n3)c2)cc1. The van der Waals surface area contributed by atoms with Crippen LogP contribution in [0.4, 0.5) is 0 Å². The van der Waals surface area contributed by atoms with Gasteiger partial charge in [0.2, 0.25) is 0 Å². The Kier molecular flexibility index (Phi) is 9.45. The first-order valence-corrected chi connectivity index (χ1v) is 25.2. The average molecular weight is 942 g/mol. The number of hydrogen-bond donors (Lipinski definition) is 0. The van der Waals surface area contributed by atoms with Crippen molar-refractivity contribution in [3.05, 3.63) is 283 Å². The molecule has 0 fully saturated rings. The molecule has 0 saturated carbocycles. The van der Waals surface area contributed by atoms with E-state index in [9.17, 15) is 0 Å². The van der Waals surface area contributed by atoms with Crippen molar-refractivity contribution in [2.24, 2.45) is 0 Å². The lowest BCUT2D eigenvalue weighted by Crippen LogP contribution is -2.25. The zero-order chi connectivity index (χ0) is 48.7. The van der Waals surface area contributed by atoms with Crippen LogP contribution >= 0.6 is 0 Å². The fraction of sp³-hybridized carbons (Fsp3) is 0.0143. The van der Waals surface area contributed by atoms with Crippen LogP contribution in [0.5, 0.6) is 0 Å². The molecule has 0 bridgehead atoms. The van der Waals surface area contributed by atoms with Gasteiger partial charge in [0, 0.05) is 27.5 Å². The highest BCUT2D eigenvalue weighted by atomic mass is 16.3. The normalized spacial score (nSPS) is 12.7. The molecule has 2 heterocycles. The van der Waals surface area contributed by atoms with Gasteiger partial charge in [-0.15, -0.1) is 0 Å². The van der Waals surface area contributed by atoms with Crippen molar-refractivity contribution in [3.63, 3.8) is 0 Å². The third-order valence-electron chi connectivity index (χ3n) is 15.4. The minimum atomic E-state index is -0.353. The lowest BCUT2D eigenvalue weighted by atomic mass is 9.70. The monoisotopic (exact) mass is 941 g/mol. The molecule has 4 nitrogen and oxygen atoms in total. The molecule has 344 valence electrons. The van der Waals surface area contributed by atoms with Crippen LogP contribution in [0.3, 0.4) is 0 Å². The predicted molar refractivity (Wildman–Crippen MR) is 301 cm³/mol. The van der Waals surface area contributed by atoms with Gasteiger partial charge in [0.25, 0.3) is 0 Å². The second kappa shape index (κ2) is 16.7. The van der Waals surface area contributed by atoms with E-state index in [1.54, 1.807) is 0 Å². The van der Waals surface area contributed by atoms with Gasteiger partial charge in [0.1, 0.15) is 11.2 Å². The van der Waals surface area contributed by atoms with Gasteiger partial charge in [-0.2, -0.15) is 0 Å². The molecule has 1 spiro atoms. The van der Waals surface area contributed by atoms with E-state index < -0.39 is 0 Å². The standard InChI is InChI=1S/C70H43N3O/c1-3-16-44(17-4-1)48-20-13-22-52(40-48)67-71-68(53-23-14-21-49(41-53)45-18-5-2-6-19-45)73-69(72-67)57-27-15-31-65-66(57)59-43-51(37-39-64(59)74-65)47-34-32-46(33-35-47)50-36-38-63-58(42-50)56-26-9-12-30-62(56)70(63)60-28-10-7-24-54(60)55-25-8-11-29-61(55)70/h1-43H. The summed E-state index contributed by atoms with van der Waals surface area (Å²) in [6.07, 6.45) is 0. The largest absolute Gasteiger partial charge is 0.456 e. The van der Waals surface area contributed by atoms with Crippen LogP contribution in [0.15, 0.2) is 265 Å². The highest BCUT2D eigenvalue weighted by Crippen LogP contribution is 2.63. The predicted octanol–water partition coefficient (Wildman–Crippen LogP) is 17.8. The van der Waals surface area contributed by atoms with Gasteiger partial charge in [0.15, 0.2) is 17.5 Å². The summed E-state index contributed by atoms with van der Waals surface area (Å²) >= 11 is 0. The van der Waals surface area contributed by atoms with Crippen LogP contribution in [-0.4, -0.2) is 15.0 Å². The van der Waals surface area contributed by atoms with Crippen molar-refractivity contribution in [3.8, 4) is 101 Å². The first-order valence-electron chi connectivity index (χ1n) is 25.2. The van der Waals surface area contributed by atoms with E-state index in [2.05, 4.69) is 237 Å². The molecular formula is C70H43N3O. The Morgan fingerprint density at radius 1 is 0.243 bits per heavy atom. The molecule has 0 saturated heterocycles. The molecule has 0 atom stereocenters. The number of aromatic nitrogens is 3. The van der Waals surface area contributed by atoms with Crippen LogP contribution in [0.25, 0.3) is 123 Å². The van der Waals surface area contributed by atoms with Crippen LogP contribution < -0.4 is 0 Å². The average Bonchev–Trinajstić information content (AvgIpc) is 4.12. The van der Waals surface area contributed by atoms with Gasteiger partial charge in [-0.1, -0.05) is 224 Å². The minimum Gasteiger partial charge on any atom is -0.456 e. The van der Waals surface area contributed by atoms with Crippen LogP contribution in [-0.2, 0) is 5.41 Å². The number of furan rings is 1. The number of hydrogen-bond acceptors (Lipinski definition) is 4. The summed E-state index contributed by atoms with van der Waals surface area (Å²) < 4.78 is 6.61. The maximum absolute atomic E-state index is 6.61. The van der Waals surface area contributed by atoms with Crippen molar-refractivity contribution >= 4 is 21.9 Å². The molecular weight excluding hydrogens is 899 g/mol. The van der Waals surface area contributed by atoms with E-state index in [1.165, 1.54) is 55.6 Å². The number of rotatable bonds is 7. The smallest absolute Gasteiger partial charge is 0.164 e. The van der Waals surface area contributed by atoms with E-state index in [0.29, 0.717) is 17.5 Å². The Balaban J connectivity index is 0.822. The Morgan fingerprint density at radius 2 is 0.635 bits per heavy atom. The van der Waals surface area contributed by atoms with Crippen molar-refractivity contribution in [2.75, 3.05) is 0 Å². The molecule has 0 aliphatic heterocycles. The topological polar surface area (TPSA) is 51.8 Å². The lowest BCUT2D eigenvalue weighted by molar-refractivity contribution is 0.669. The third kappa shape index (κ3) is 6.52. The Bertz CT molecular complexity index is 4220. The van der Waals surface area contributed by atoms with Gasteiger partial charge in [-0.3, -0.25) is 0 Å². The van der Waals surface area contributed by atoms with E-state index >= 15 is 0 Å². The van der Waals surface area contributed by atoms with E-state index in [1.807, 2.05) is 24.3 Å². The highest BCUT2D eigenvalue weighted by molar-refractivity contribution is 6.13. The van der Waals surface area contributed by atoms with Crippen molar-refractivity contribution in [1.82, 2.24) is 15.0 Å². The summed E-state index contributed by atoms with van der Waals surface area (Å²) in [6, 6.07) is 93.4. The van der Waals surface area contributed by atoms with Gasteiger partial charge in [0.05, 0.1) is 5.41 Å². The van der Waals surface area contributed by atoms with Crippen molar-refractivity contribution < 1.29 is 4.42 Å². The molecule has 2 aliphatic rings.